The summed E-state index contributed by atoms with van der Waals surface area (Å²) >= 11 is 1.54. The number of rotatable bonds is 1. The van der Waals surface area contributed by atoms with Gasteiger partial charge in [0, 0.05) is 13.1 Å². The Morgan fingerprint density at radius 1 is 1.38 bits per heavy atom. The molecule has 0 aromatic rings. The van der Waals surface area contributed by atoms with Gasteiger partial charge < -0.3 is 4.90 Å². The molecule has 0 aromatic heterocycles. The Morgan fingerprint density at radius 3 is 2.69 bits per heavy atom. The maximum atomic E-state index is 7.78. The van der Waals surface area contributed by atoms with E-state index in [9.17, 15) is 0 Å². The number of thioether (sulfide) groups is 1. The maximum absolute atomic E-state index is 7.78. The van der Waals surface area contributed by atoms with Gasteiger partial charge in [-0.3, -0.25) is 5.41 Å². The van der Waals surface area contributed by atoms with Gasteiger partial charge in [-0.05, 0) is 26.2 Å². The van der Waals surface area contributed by atoms with Crippen molar-refractivity contribution in [2.45, 2.75) is 26.2 Å². The topological polar surface area (TPSA) is 27.1 Å². The molecule has 1 heterocycles. The van der Waals surface area contributed by atoms with E-state index in [1.807, 2.05) is 6.92 Å². The molecule has 0 spiro atoms. The van der Waals surface area contributed by atoms with Crippen LogP contribution in [0.2, 0.25) is 0 Å². The second kappa shape index (κ2) is 5.93. The number of hydrogen-bond donors (Lipinski definition) is 1. The van der Waals surface area contributed by atoms with Gasteiger partial charge in [-0.1, -0.05) is 17.7 Å². The number of nitrogens with one attached hydrogen (secondary N) is 1. The number of likely N-dealkylation sites (tertiary alicyclic amines) is 1. The lowest BCUT2D eigenvalue weighted by Crippen LogP contribution is -2.33. The number of hydrogen-bond acceptors (Lipinski definition) is 2. The van der Waals surface area contributed by atoms with Crippen molar-refractivity contribution in [3.63, 3.8) is 0 Å². The summed E-state index contributed by atoms with van der Waals surface area (Å²) in [6.45, 7) is 3.96. The van der Waals surface area contributed by atoms with Crippen LogP contribution in [0.15, 0.2) is 0 Å². The highest BCUT2D eigenvalue weighted by atomic mass is 32.2. The van der Waals surface area contributed by atoms with Gasteiger partial charge in [0.1, 0.15) is 0 Å². The molecule has 1 aliphatic heterocycles. The van der Waals surface area contributed by atoms with Crippen LogP contribution in [0, 0.1) is 17.3 Å². The first-order valence-electron chi connectivity index (χ1n) is 4.70. The molecule has 1 rings (SSSR count). The lowest BCUT2D eigenvalue weighted by molar-refractivity contribution is 0.346. The first-order valence-corrected chi connectivity index (χ1v) is 5.69. The molecule has 1 N–H and O–H groups in total. The Labute approximate surface area is 84.6 Å². The fourth-order valence-corrected chi connectivity index (χ4v) is 2.08. The molecule has 0 atom stereocenters. The summed E-state index contributed by atoms with van der Waals surface area (Å²) in [6.07, 6.45) is 3.80. The van der Waals surface area contributed by atoms with E-state index in [2.05, 4.69) is 16.7 Å². The van der Waals surface area contributed by atoms with Crippen molar-refractivity contribution >= 4 is 16.9 Å². The van der Waals surface area contributed by atoms with Crippen molar-refractivity contribution < 1.29 is 0 Å². The maximum Gasteiger partial charge on any atom is 0.157 e. The van der Waals surface area contributed by atoms with Gasteiger partial charge in [-0.25, -0.2) is 0 Å². The van der Waals surface area contributed by atoms with Crippen LogP contribution in [0.4, 0.5) is 0 Å². The highest BCUT2D eigenvalue weighted by Crippen LogP contribution is 2.14. The molecule has 2 nitrogen and oxygen atoms in total. The van der Waals surface area contributed by atoms with E-state index >= 15 is 0 Å². The molecule has 1 aliphatic rings. The molecule has 1 fully saturated rings. The van der Waals surface area contributed by atoms with E-state index in [1.165, 1.54) is 19.3 Å². The molecule has 0 radical (unpaired) electrons. The lowest BCUT2D eigenvalue weighted by atomic mass is 10.1. The molecule has 0 aliphatic carbocycles. The molecule has 13 heavy (non-hydrogen) atoms. The summed E-state index contributed by atoms with van der Waals surface area (Å²) in [5.74, 6) is 6.56. The fourth-order valence-electron chi connectivity index (χ4n) is 1.36. The van der Waals surface area contributed by atoms with Gasteiger partial charge >= 0.3 is 0 Å². The van der Waals surface area contributed by atoms with Crippen molar-refractivity contribution in [3.05, 3.63) is 0 Å². The Bertz CT molecular complexity index is 221. The second-order valence-electron chi connectivity index (χ2n) is 3.07. The Hall–Kier alpha value is -0.620. The summed E-state index contributed by atoms with van der Waals surface area (Å²) in [5, 5.41) is 8.48. The van der Waals surface area contributed by atoms with E-state index in [0.717, 1.165) is 18.8 Å². The zero-order valence-corrected chi connectivity index (χ0v) is 8.91. The first-order chi connectivity index (χ1) is 6.34. The zero-order valence-electron chi connectivity index (χ0n) is 8.10. The average Bonchev–Trinajstić information content (AvgIpc) is 2.19. The van der Waals surface area contributed by atoms with Crippen molar-refractivity contribution in [3.8, 4) is 11.8 Å². The van der Waals surface area contributed by atoms with Gasteiger partial charge in [-0.2, -0.15) is 0 Å². The third kappa shape index (κ3) is 3.73. The molecule has 0 unspecified atom stereocenters. The van der Waals surface area contributed by atoms with Gasteiger partial charge in [-0.15, -0.1) is 5.92 Å². The summed E-state index contributed by atoms with van der Waals surface area (Å²) in [4.78, 5) is 2.16. The van der Waals surface area contributed by atoms with Crippen molar-refractivity contribution in [1.82, 2.24) is 4.90 Å². The minimum Gasteiger partial charge on any atom is -0.352 e. The van der Waals surface area contributed by atoms with Gasteiger partial charge in [0.05, 0.1) is 5.75 Å². The molecule has 0 amide bonds. The van der Waals surface area contributed by atoms with Gasteiger partial charge in [0.2, 0.25) is 0 Å². The normalized spacial score (nSPS) is 16.2. The van der Waals surface area contributed by atoms with Gasteiger partial charge in [0.25, 0.3) is 0 Å². The van der Waals surface area contributed by atoms with Crippen LogP contribution in [0.1, 0.15) is 26.2 Å². The van der Waals surface area contributed by atoms with Crippen molar-refractivity contribution in [2.75, 3.05) is 18.8 Å². The molecule has 0 aromatic carbocycles. The second-order valence-corrected chi connectivity index (χ2v) is 4.03. The zero-order chi connectivity index (χ0) is 9.52. The summed E-state index contributed by atoms with van der Waals surface area (Å²) in [6, 6.07) is 0. The van der Waals surface area contributed by atoms with Crippen LogP contribution in [0.5, 0.6) is 0 Å². The first kappa shape index (κ1) is 10.5. The largest absolute Gasteiger partial charge is 0.352 e. The van der Waals surface area contributed by atoms with Crippen LogP contribution < -0.4 is 0 Å². The Kier molecular flexibility index (Phi) is 4.77. The van der Waals surface area contributed by atoms with E-state index in [1.54, 1.807) is 11.8 Å². The van der Waals surface area contributed by atoms with Gasteiger partial charge in [0.15, 0.2) is 5.17 Å². The molecule has 72 valence electrons. The summed E-state index contributed by atoms with van der Waals surface area (Å²) in [5.41, 5.74) is 0. The number of piperidine rings is 1. The van der Waals surface area contributed by atoms with E-state index in [4.69, 9.17) is 5.41 Å². The molecular weight excluding hydrogens is 180 g/mol. The van der Waals surface area contributed by atoms with E-state index in [0.29, 0.717) is 5.17 Å². The third-order valence-corrected chi connectivity index (χ3v) is 2.92. The fraction of sp³-hybridized carbons (Fsp3) is 0.700. The van der Waals surface area contributed by atoms with E-state index < -0.39 is 0 Å². The van der Waals surface area contributed by atoms with Crippen LogP contribution in [0.3, 0.4) is 0 Å². The predicted octanol–water partition coefficient (Wildman–Crippen LogP) is 2.16. The molecule has 3 heteroatoms. The highest BCUT2D eigenvalue weighted by Gasteiger charge is 2.12. The number of nitrogens with zero attached hydrogens (tertiary/aromatic N) is 1. The molecule has 0 bridgehead atoms. The van der Waals surface area contributed by atoms with Crippen LogP contribution in [0.25, 0.3) is 0 Å². The average molecular weight is 196 g/mol. The monoisotopic (exact) mass is 196 g/mol. The standard InChI is InChI=1S/C10H16N2S/c1-2-3-9-13-10(11)12-7-5-4-6-8-12/h11H,4-9H2,1H3. The minimum absolute atomic E-state index is 0.697. The van der Waals surface area contributed by atoms with Crippen LogP contribution in [-0.4, -0.2) is 28.9 Å². The Balaban J connectivity index is 2.23. The SMILES string of the molecule is CC#CCSC(=N)N1CCCCC1. The predicted molar refractivity (Wildman–Crippen MR) is 59.1 cm³/mol. The molecule has 1 saturated heterocycles. The van der Waals surface area contributed by atoms with Crippen molar-refractivity contribution in [2.24, 2.45) is 0 Å². The summed E-state index contributed by atoms with van der Waals surface area (Å²) < 4.78 is 0. The van der Waals surface area contributed by atoms with Crippen LogP contribution >= 0.6 is 11.8 Å². The smallest absolute Gasteiger partial charge is 0.157 e. The quantitative estimate of drug-likeness (QED) is 0.395. The number of amidine groups is 1. The lowest BCUT2D eigenvalue weighted by Gasteiger charge is -2.27. The third-order valence-electron chi connectivity index (χ3n) is 2.10. The van der Waals surface area contributed by atoms with Crippen LogP contribution in [-0.2, 0) is 0 Å². The molecular formula is C10H16N2S. The Morgan fingerprint density at radius 2 is 2.08 bits per heavy atom. The van der Waals surface area contributed by atoms with E-state index in [-0.39, 0.29) is 0 Å². The summed E-state index contributed by atoms with van der Waals surface area (Å²) in [7, 11) is 0. The highest BCUT2D eigenvalue weighted by molar-refractivity contribution is 8.13. The molecule has 0 saturated carbocycles. The van der Waals surface area contributed by atoms with Crippen molar-refractivity contribution in [1.29, 1.82) is 5.41 Å². The minimum atomic E-state index is 0.697.